The summed E-state index contributed by atoms with van der Waals surface area (Å²) in [5.74, 6) is 0. The number of hydrogen-bond donors (Lipinski definition) is 0. The first-order valence-corrected chi connectivity index (χ1v) is 5.98. The first-order valence-electron chi connectivity index (χ1n) is 4.78. The third kappa shape index (κ3) is 3.14. The molecular weight excluding hydrogens is 285 g/mol. The van der Waals surface area contributed by atoms with Crippen molar-refractivity contribution in [1.82, 2.24) is 9.97 Å². The number of alkyl halides is 3. The van der Waals surface area contributed by atoms with Crippen LogP contribution in [0.1, 0.15) is 5.69 Å². The van der Waals surface area contributed by atoms with Crippen LogP contribution in [0.2, 0.25) is 5.02 Å². The molecule has 18 heavy (non-hydrogen) atoms. The lowest BCUT2D eigenvalue weighted by molar-refractivity contribution is -0.141. The standard InChI is InChI=1S/C11H6ClF3N2S/c12-7-3-1-2-4-8(7)18-10-6-16-9(5-17-10)11(13,14)15/h1-6H. The molecule has 0 spiro atoms. The summed E-state index contributed by atoms with van der Waals surface area (Å²) in [7, 11) is 0. The van der Waals surface area contributed by atoms with Crippen LogP contribution in [0.15, 0.2) is 46.6 Å². The average Bonchev–Trinajstić information content (AvgIpc) is 2.32. The molecule has 0 saturated carbocycles. The summed E-state index contributed by atoms with van der Waals surface area (Å²) in [6, 6.07) is 7.00. The second kappa shape index (κ2) is 5.16. The van der Waals surface area contributed by atoms with E-state index in [1.165, 1.54) is 0 Å². The van der Waals surface area contributed by atoms with Crippen LogP contribution in [0.4, 0.5) is 13.2 Å². The summed E-state index contributed by atoms with van der Waals surface area (Å²) < 4.78 is 36.8. The number of benzene rings is 1. The predicted molar refractivity (Wildman–Crippen MR) is 62.6 cm³/mol. The van der Waals surface area contributed by atoms with E-state index >= 15 is 0 Å². The largest absolute Gasteiger partial charge is 0.434 e. The molecule has 0 aliphatic rings. The number of hydrogen-bond acceptors (Lipinski definition) is 3. The van der Waals surface area contributed by atoms with Gasteiger partial charge < -0.3 is 0 Å². The molecular formula is C11H6ClF3N2S. The van der Waals surface area contributed by atoms with E-state index < -0.39 is 11.9 Å². The lowest BCUT2D eigenvalue weighted by Gasteiger charge is -2.06. The van der Waals surface area contributed by atoms with Crippen LogP contribution in [-0.2, 0) is 6.18 Å². The fourth-order valence-corrected chi connectivity index (χ4v) is 2.16. The molecule has 1 heterocycles. The first-order chi connectivity index (χ1) is 8.47. The highest BCUT2D eigenvalue weighted by molar-refractivity contribution is 7.99. The number of nitrogens with zero attached hydrogens (tertiary/aromatic N) is 2. The van der Waals surface area contributed by atoms with Crippen molar-refractivity contribution in [3.63, 3.8) is 0 Å². The quantitative estimate of drug-likeness (QED) is 0.824. The molecule has 2 nitrogen and oxygen atoms in total. The summed E-state index contributed by atoms with van der Waals surface area (Å²) in [4.78, 5) is 7.74. The van der Waals surface area contributed by atoms with Crippen LogP contribution < -0.4 is 0 Å². The maximum Gasteiger partial charge on any atom is 0.434 e. The molecule has 0 fully saturated rings. The van der Waals surface area contributed by atoms with Crippen molar-refractivity contribution in [3.05, 3.63) is 47.4 Å². The van der Waals surface area contributed by atoms with Crippen molar-refractivity contribution in [3.8, 4) is 0 Å². The highest BCUT2D eigenvalue weighted by Gasteiger charge is 2.32. The average molecular weight is 291 g/mol. The number of halogens is 4. The van der Waals surface area contributed by atoms with E-state index in [1.54, 1.807) is 24.3 Å². The van der Waals surface area contributed by atoms with E-state index in [2.05, 4.69) is 9.97 Å². The summed E-state index contributed by atoms with van der Waals surface area (Å²) in [5, 5.41) is 0.875. The van der Waals surface area contributed by atoms with Crippen LogP contribution in [0.5, 0.6) is 0 Å². The summed E-state index contributed by atoms with van der Waals surface area (Å²) in [6.07, 6.45) is -2.68. The molecule has 0 atom stereocenters. The van der Waals surface area contributed by atoms with Crippen molar-refractivity contribution in [2.75, 3.05) is 0 Å². The van der Waals surface area contributed by atoms with Gasteiger partial charge in [0.15, 0.2) is 5.69 Å². The summed E-state index contributed by atoms with van der Waals surface area (Å²) >= 11 is 7.09. The van der Waals surface area contributed by atoms with Crippen molar-refractivity contribution < 1.29 is 13.2 Å². The van der Waals surface area contributed by atoms with Crippen LogP contribution in [0, 0.1) is 0 Å². The fourth-order valence-electron chi connectivity index (χ4n) is 1.16. The van der Waals surface area contributed by atoms with E-state index in [4.69, 9.17) is 11.6 Å². The normalized spacial score (nSPS) is 11.6. The molecule has 0 radical (unpaired) electrons. The van der Waals surface area contributed by atoms with Crippen molar-refractivity contribution in [2.45, 2.75) is 16.1 Å². The second-order valence-electron chi connectivity index (χ2n) is 3.27. The summed E-state index contributed by atoms with van der Waals surface area (Å²) in [6.45, 7) is 0. The lowest BCUT2D eigenvalue weighted by atomic mass is 10.4. The van der Waals surface area contributed by atoms with E-state index in [0.717, 1.165) is 18.0 Å². The molecule has 0 aliphatic carbocycles. The van der Waals surface area contributed by atoms with Gasteiger partial charge in [0.1, 0.15) is 5.03 Å². The molecule has 2 aromatic rings. The SMILES string of the molecule is FC(F)(F)c1cnc(Sc2ccccc2Cl)cn1. The predicted octanol–water partition coefficient (Wildman–Crippen LogP) is 4.30. The Morgan fingerprint density at radius 3 is 2.33 bits per heavy atom. The minimum atomic E-state index is -4.47. The Kier molecular flexibility index (Phi) is 3.77. The Morgan fingerprint density at radius 1 is 1.06 bits per heavy atom. The van der Waals surface area contributed by atoms with Gasteiger partial charge in [0, 0.05) is 4.90 Å². The molecule has 0 unspecified atom stereocenters. The highest BCUT2D eigenvalue weighted by Crippen LogP contribution is 2.32. The maximum absolute atomic E-state index is 12.3. The van der Waals surface area contributed by atoms with Gasteiger partial charge >= 0.3 is 6.18 Å². The van der Waals surface area contributed by atoms with Crippen molar-refractivity contribution >= 4 is 23.4 Å². The molecule has 0 N–H and O–H groups in total. The lowest BCUT2D eigenvalue weighted by Crippen LogP contribution is -2.08. The minimum Gasteiger partial charge on any atom is -0.247 e. The molecule has 2 rings (SSSR count). The van der Waals surface area contributed by atoms with Crippen LogP contribution >= 0.6 is 23.4 Å². The molecule has 0 bridgehead atoms. The second-order valence-corrected chi connectivity index (χ2v) is 4.74. The molecule has 1 aromatic heterocycles. The summed E-state index contributed by atoms with van der Waals surface area (Å²) in [5.41, 5.74) is -1.01. The van der Waals surface area contributed by atoms with E-state index in [9.17, 15) is 13.2 Å². The van der Waals surface area contributed by atoms with Crippen LogP contribution in [0.25, 0.3) is 0 Å². The highest BCUT2D eigenvalue weighted by atomic mass is 35.5. The third-order valence-corrected chi connectivity index (χ3v) is 3.41. The Balaban J connectivity index is 2.19. The molecule has 0 saturated heterocycles. The zero-order valence-electron chi connectivity index (χ0n) is 8.78. The number of aromatic nitrogens is 2. The van der Waals surface area contributed by atoms with Gasteiger partial charge in [-0.15, -0.1) is 0 Å². The van der Waals surface area contributed by atoms with Gasteiger partial charge in [0.25, 0.3) is 0 Å². The van der Waals surface area contributed by atoms with E-state index in [1.807, 2.05) is 0 Å². The topological polar surface area (TPSA) is 25.8 Å². The Labute approximate surface area is 110 Å². The molecule has 0 aliphatic heterocycles. The van der Waals surface area contributed by atoms with Gasteiger partial charge in [0.2, 0.25) is 0 Å². The van der Waals surface area contributed by atoms with Gasteiger partial charge in [-0.25, -0.2) is 9.97 Å². The minimum absolute atomic E-state index is 0.358. The van der Waals surface area contributed by atoms with Gasteiger partial charge in [-0.1, -0.05) is 35.5 Å². The Hall–Kier alpha value is -1.27. The Bertz CT molecular complexity index is 543. The molecule has 1 aromatic carbocycles. The monoisotopic (exact) mass is 290 g/mol. The van der Waals surface area contributed by atoms with Crippen LogP contribution in [0.3, 0.4) is 0 Å². The van der Waals surface area contributed by atoms with Gasteiger partial charge in [-0.2, -0.15) is 13.2 Å². The molecule has 7 heteroatoms. The number of rotatable bonds is 2. The van der Waals surface area contributed by atoms with Crippen molar-refractivity contribution in [1.29, 1.82) is 0 Å². The third-order valence-electron chi connectivity index (χ3n) is 1.97. The molecule has 0 amide bonds. The fraction of sp³-hybridized carbons (Fsp3) is 0.0909. The maximum atomic E-state index is 12.3. The molecule has 94 valence electrons. The zero-order valence-corrected chi connectivity index (χ0v) is 10.4. The van der Waals surface area contributed by atoms with E-state index in [0.29, 0.717) is 21.1 Å². The van der Waals surface area contributed by atoms with Crippen molar-refractivity contribution in [2.24, 2.45) is 0 Å². The van der Waals surface area contributed by atoms with Gasteiger partial charge in [-0.3, -0.25) is 0 Å². The van der Waals surface area contributed by atoms with Gasteiger partial charge in [-0.05, 0) is 12.1 Å². The smallest absolute Gasteiger partial charge is 0.247 e. The van der Waals surface area contributed by atoms with E-state index in [-0.39, 0.29) is 0 Å². The zero-order chi connectivity index (χ0) is 13.2. The Morgan fingerprint density at radius 2 is 1.78 bits per heavy atom. The first kappa shape index (κ1) is 13.2. The van der Waals surface area contributed by atoms with Crippen LogP contribution in [-0.4, -0.2) is 9.97 Å². The van der Waals surface area contributed by atoms with Gasteiger partial charge in [0.05, 0.1) is 17.4 Å².